The molecule has 3 unspecified atom stereocenters. The summed E-state index contributed by atoms with van der Waals surface area (Å²) < 4.78 is 30.7. The van der Waals surface area contributed by atoms with Crippen LogP contribution in [0.25, 0.3) is 0 Å². The van der Waals surface area contributed by atoms with Gasteiger partial charge in [0.2, 0.25) is 5.91 Å². The molecule has 458 valence electrons. The van der Waals surface area contributed by atoms with Crippen molar-refractivity contribution < 1.29 is 37.3 Å². The van der Waals surface area contributed by atoms with Crippen molar-refractivity contribution in [3.05, 3.63) is 85.1 Å². The van der Waals surface area contributed by atoms with E-state index in [9.17, 15) is 19.0 Å². The van der Waals surface area contributed by atoms with E-state index in [4.69, 9.17) is 13.8 Å². The Labute approximate surface area is 488 Å². The van der Waals surface area contributed by atoms with E-state index in [1.54, 1.807) is 0 Å². The standard InChI is InChI=1S/C69H125N2O7P/c1-7-10-13-16-19-22-25-27-29-31-33-35-37-39-41-43-46-49-52-55-58-61-68(72)70-66(65-77-79(74,75)76-64-63-71(4,5)6)67(60-57-54-51-48-45-24-21-18-15-12-9-3)78-69(73)62-59-56-53-50-47-44-42-40-38-36-34-32-30-28-26-23-20-17-14-11-8-2/h10,13,19,22,27-30,33,35,39,41,57,60,66-67H,7-9,11-12,14-18,20-21,23-26,31-32,34,36-38,40,42-56,58-59,61-65H2,1-6H3,(H-,70,72,74,75)/p+1/b13-10-,22-19-,29-27-,30-28+,35-33-,41-39-,60-57+. The van der Waals surface area contributed by atoms with Gasteiger partial charge in [-0.1, -0.05) is 260 Å². The molecule has 9 nitrogen and oxygen atoms in total. The molecule has 0 aliphatic rings. The van der Waals surface area contributed by atoms with Gasteiger partial charge in [0, 0.05) is 12.8 Å². The Bertz CT molecular complexity index is 1630. The monoisotopic (exact) mass is 1130 g/mol. The highest BCUT2D eigenvalue weighted by atomic mass is 31.2. The van der Waals surface area contributed by atoms with E-state index >= 15 is 0 Å². The number of carbonyl (C=O) groups is 2. The van der Waals surface area contributed by atoms with Crippen LogP contribution in [0.15, 0.2) is 85.1 Å². The first-order valence-electron chi connectivity index (χ1n) is 32.9. The van der Waals surface area contributed by atoms with E-state index < -0.39 is 20.0 Å². The fraction of sp³-hybridized carbons (Fsp3) is 0.768. The highest BCUT2D eigenvalue weighted by Gasteiger charge is 2.30. The zero-order valence-corrected chi connectivity index (χ0v) is 53.2. The number of allylic oxidation sites excluding steroid dienone is 13. The maximum Gasteiger partial charge on any atom is 0.472 e. The summed E-state index contributed by atoms with van der Waals surface area (Å²) in [6.07, 6.45) is 77.3. The van der Waals surface area contributed by atoms with E-state index in [1.165, 1.54) is 148 Å². The maximum absolute atomic E-state index is 13.6. The molecule has 0 aliphatic heterocycles. The summed E-state index contributed by atoms with van der Waals surface area (Å²) in [4.78, 5) is 37.8. The number of esters is 1. The zero-order chi connectivity index (χ0) is 57.9. The number of hydrogen-bond donors (Lipinski definition) is 2. The van der Waals surface area contributed by atoms with Crippen molar-refractivity contribution in [2.45, 2.75) is 303 Å². The number of nitrogens with one attached hydrogen (secondary N) is 1. The van der Waals surface area contributed by atoms with Gasteiger partial charge in [-0.05, 0) is 102 Å². The molecule has 0 rings (SSSR count). The summed E-state index contributed by atoms with van der Waals surface area (Å²) in [7, 11) is 1.48. The minimum absolute atomic E-state index is 0.0331. The van der Waals surface area contributed by atoms with Crippen LogP contribution in [-0.2, 0) is 27.9 Å². The second-order valence-electron chi connectivity index (χ2n) is 23.3. The van der Waals surface area contributed by atoms with Gasteiger partial charge in [-0.15, -0.1) is 0 Å². The molecule has 1 amide bonds. The topological polar surface area (TPSA) is 111 Å². The van der Waals surface area contributed by atoms with Gasteiger partial charge in [0.25, 0.3) is 0 Å². The van der Waals surface area contributed by atoms with Crippen LogP contribution in [0.5, 0.6) is 0 Å². The largest absolute Gasteiger partial charge is 0.472 e. The first-order valence-corrected chi connectivity index (χ1v) is 34.4. The number of likely N-dealkylation sites (N-methyl/N-ethyl adjacent to an activating group) is 1. The number of phosphoric ester groups is 1. The Morgan fingerprint density at radius 3 is 1.23 bits per heavy atom. The summed E-state index contributed by atoms with van der Waals surface area (Å²) in [5.74, 6) is -0.525. The second-order valence-corrected chi connectivity index (χ2v) is 24.7. The smallest absolute Gasteiger partial charge is 0.456 e. The average molecular weight is 1130 g/mol. The van der Waals surface area contributed by atoms with Crippen molar-refractivity contribution >= 4 is 19.7 Å². The van der Waals surface area contributed by atoms with Gasteiger partial charge in [0.15, 0.2) is 0 Å². The van der Waals surface area contributed by atoms with Gasteiger partial charge >= 0.3 is 13.8 Å². The third-order valence-electron chi connectivity index (χ3n) is 14.3. The fourth-order valence-corrected chi connectivity index (χ4v) is 9.99. The van der Waals surface area contributed by atoms with Crippen LogP contribution < -0.4 is 5.32 Å². The Hall–Kier alpha value is -2.81. The lowest BCUT2D eigenvalue weighted by atomic mass is 10.0. The number of amides is 1. The van der Waals surface area contributed by atoms with E-state index in [1.807, 2.05) is 33.3 Å². The van der Waals surface area contributed by atoms with Gasteiger partial charge in [-0.25, -0.2) is 4.57 Å². The van der Waals surface area contributed by atoms with E-state index in [0.29, 0.717) is 17.4 Å². The highest BCUT2D eigenvalue weighted by Crippen LogP contribution is 2.43. The van der Waals surface area contributed by atoms with Crippen molar-refractivity contribution in [1.29, 1.82) is 0 Å². The number of quaternary nitrogens is 1. The second kappa shape index (κ2) is 58.4. The third kappa shape index (κ3) is 59.6. The molecule has 0 fully saturated rings. The normalized spacial score (nSPS) is 14.2. The molecule has 0 aromatic carbocycles. The third-order valence-corrected chi connectivity index (χ3v) is 15.3. The van der Waals surface area contributed by atoms with Crippen LogP contribution in [0.2, 0.25) is 0 Å². The summed E-state index contributed by atoms with van der Waals surface area (Å²) in [6.45, 7) is 6.89. The van der Waals surface area contributed by atoms with Crippen LogP contribution >= 0.6 is 7.82 Å². The van der Waals surface area contributed by atoms with Crippen LogP contribution in [0, 0.1) is 0 Å². The minimum Gasteiger partial charge on any atom is -0.456 e. The van der Waals surface area contributed by atoms with Crippen molar-refractivity contribution in [3.8, 4) is 0 Å². The lowest BCUT2D eigenvalue weighted by Gasteiger charge is -2.27. The maximum atomic E-state index is 13.6. The van der Waals surface area contributed by atoms with Gasteiger partial charge in [0.05, 0.1) is 33.8 Å². The number of ether oxygens (including phenoxy) is 1. The molecule has 2 N–H and O–H groups in total. The molecule has 0 heterocycles. The molecule has 79 heavy (non-hydrogen) atoms. The van der Waals surface area contributed by atoms with E-state index in [-0.39, 0.29) is 31.5 Å². The summed E-state index contributed by atoms with van der Waals surface area (Å²) in [5, 5.41) is 3.05. The molecule has 0 spiro atoms. The highest BCUT2D eigenvalue weighted by molar-refractivity contribution is 7.47. The molecule has 10 heteroatoms. The number of unbranched alkanes of at least 4 members (excludes halogenated alkanes) is 31. The lowest BCUT2D eigenvalue weighted by Crippen LogP contribution is -2.47. The Balaban J connectivity index is 5.18. The first kappa shape index (κ1) is 76.2. The van der Waals surface area contributed by atoms with Crippen molar-refractivity contribution in [1.82, 2.24) is 5.32 Å². The SMILES string of the molecule is CC/C=C\C/C=C\C/C=C\C/C=C\C/C=C\CCCCCCCC(=O)NC(COP(=O)(O)OCC[N+](C)(C)C)C(/C=C/CCCCCCCCCCC)OC(=O)CCCCCCCCCCCCC/C=C/CCCCCCCC. The molecule has 0 saturated carbocycles. The summed E-state index contributed by atoms with van der Waals surface area (Å²) in [5.41, 5.74) is 0. The van der Waals surface area contributed by atoms with Gasteiger partial charge < -0.3 is 19.4 Å². The molecule has 0 aromatic heterocycles. The molecule has 0 bridgehead atoms. The zero-order valence-electron chi connectivity index (χ0n) is 52.3. The van der Waals surface area contributed by atoms with Crippen LogP contribution in [0.3, 0.4) is 0 Å². The van der Waals surface area contributed by atoms with Gasteiger partial charge in [-0.2, -0.15) is 0 Å². The van der Waals surface area contributed by atoms with E-state index in [2.05, 4.69) is 99.0 Å². The first-order chi connectivity index (χ1) is 38.4. The summed E-state index contributed by atoms with van der Waals surface area (Å²) >= 11 is 0. The molecule has 0 radical (unpaired) electrons. The minimum atomic E-state index is -4.46. The van der Waals surface area contributed by atoms with Crippen molar-refractivity contribution in [3.63, 3.8) is 0 Å². The van der Waals surface area contributed by atoms with Crippen LogP contribution in [0.4, 0.5) is 0 Å². The average Bonchev–Trinajstić information content (AvgIpc) is 3.41. The Morgan fingerprint density at radius 1 is 0.456 bits per heavy atom. The molecular weight excluding hydrogens is 1000 g/mol. The predicted molar refractivity (Wildman–Crippen MR) is 341 cm³/mol. The Kier molecular flexibility index (Phi) is 56.3. The number of carbonyl (C=O) groups excluding carboxylic acids is 2. The molecule has 0 saturated heterocycles. The number of hydrogen-bond acceptors (Lipinski definition) is 6. The number of rotatable bonds is 59. The molecule has 0 aromatic rings. The van der Waals surface area contributed by atoms with E-state index in [0.717, 1.165) is 109 Å². The number of nitrogens with zero attached hydrogens (tertiary/aromatic N) is 1. The van der Waals surface area contributed by atoms with Crippen molar-refractivity contribution in [2.75, 3.05) is 40.9 Å². The van der Waals surface area contributed by atoms with Crippen molar-refractivity contribution in [2.24, 2.45) is 0 Å². The molecular formula is C69H126N2O7P+. The van der Waals surface area contributed by atoms with Gasteiger partial charge in [-0.3, -0.25) is 18.6 Å². The van der Waals surface area contributed by atoms with Gasteiger partial charge in [0.1, 0.15) is 19.3 Å². The molecule has 0 aliphatic carbocycles. The Morgan fingerprint density at radius 2 is 0.810 bits per heavy atom. The number of phosphoric acid groups is 1. The lowest BCUT2D eigenvalue weighted by molar-refractivity contribution is -0.870. The quantitative estimate of drug-likeness (QED) is 0.0205. The fourth-order valence-electron chi connectivity index (χ4n) is 9.26. The predicted octanol–water partition coefficient (Wildman–Crippen LogP) is 20.6. The summed E-state index contributed by atoms with van der Waals surface area (Å²) in [6, 6.07) is -0.863. The van der Waals surface area contributed by atoms with Crippen LogP contribution in [0.1, 0.15) is 290 Å². The van der Waals surface area contributed by atoms with Crippen LogP contribution in [-0.4, -0.2) is 74.3 Å². The molecule has 3 atom stereocenters.